The molecule has 0 saturated heterocycles. The van der Waals surface area contributed by atoms with Crippen LogP contribution in [0.3, 0.4) is 0 Å². The van der Waals surface area contributed by atoms with Gasteiger partial charge in [0.25, 0.3) is 0 Å². The Morgan fingerprint density at radius 3 is 2.27 bits per heavy atom. The SMILES string of the molecule is CC(C)[C@@H](NCC(O)c1ccc(F)cc1)C(=O)OC(C)(C)C. The van der Waals surface area contributed by atoms with E-state index in [-0.39, 0.29) is 24.2 Å². The first-order valence-electron chi connectivity index (χ1n) is 7.50. The lowest BCUT2D eigenvalue weighted by atomic mass is 10.0. The third kappa shape index (κ3) is 6.12. The fourth-order valence-electron chi connectivity index (χ4n) is 2.00. The first-order chi connectivity index (χ1) is 10.1. The smallest absolute Gasteiger partial charge is 0.323 e. The molecule has 4 nitrogen and oxygen atoms in total. The van der Waals surface area contributed by atoms with Crippen molar-refractivity contribution in [2.75, 3.05) is 6.54 Å². The van der Waals surface area contributed by atoms with Crippen LogP contribution in [-0.4, -0.2) is 29.3 Å². The number of carbonyl (C=O) groups excluding carboxylic acids is 1. The van der Waals surface area contributed by atoms with E-state index in [2.05, 4.69) is 5.32 Å². The van der Waals surface area contributed by atoms with E-state index in [9.17, 15) is 14.3 Å². The Kier molecular flexibility index (Phi) is 6.50. The van der Waals surface area contributed by atoms with Crippen LogP contribution < -0.4 is 5.32 Å². The van der Waals surface area contributed by atoms with E-state index >= 15 is 0 Å². The van der Waals surface area contributed by atoms with Crippen LogP contribution in [0.15, 0.2) is 24.3 Å². The topological polar surface area (TPSA) is 58.6 Å². The predicted molar refractivity (Wildman–Crippen MR) is 83.8 cm³/mol. The maximum absolute atomic E-state index is 12.9. The van der Waals surface area contributed by atoms with Gasteiger partial charge in [0.15, 0.2) is 0 Å². The Morgan fingerprint density at radius 1 is 1.27 bits per heavy atom. The monoisotopic (exact) mass is 311 g/mol. The third-order valence-corrected chi connectivity index (χ3v) is 3.11. The average Bonchev–Trinajstić information content (AvgIpc) is 2.36. The van der Waals surface area contributed by atoms with Crippen molar-refractivity contribution in [1.29, 1.82) is 0 Å². The number of hydrogen-bond donors (Lipinski definition) is 2. The van der Waals surface area contributed by atoms with Crippen molar-refractivity contribution < 1.29 is 19.0 Å². The lowest BCUT2D eigenvalue weighted by molar-refractivity contribution is -0.158. The lowest BCUT2D eigenvalue weighted by Gasteiger charge is -2.27. The zero-order valence-electron chi connectivity index (χ0n) is 13.9. The number of esters is 1. The summed E-state index contributed by atoms with van der Waals surface area (Å²) in [6.07, 6.45) is -0.815. The second kappa shape index (κ2) is 7.70. The highest BCUT2D eigenvalue weighted by molar-refractivity contribution is 5.76. The minimum atomic E-state index is -0.815. The molecular weight excluding hydrogens is 285 g/mol. The molecule has 0 saturated carbocycles. The van der Waals surface area contributed by atoms with Gasteiger partial charge in [0.1, 0.15) is 17.5 Å². The molecule has 0 aliphatic heterocycles. The number of nitrogens with one attached hydrogen (secondary N) is 1. The Balaban J connectivity index is 2.64. The molecule has 2 atom stereocenters. The molecule has 1 unspecified atom stereocenters. The van der Waals surface area contributed by atoms with Crippen LogP contribution in [-0.2, 0) is 9.53 Å². The maximum Gasteiger partial charge on any atom is 0.323 e. The number of hydrogen-bond acceptors (Lipinski definition) is 4. The number of carbonyl (C=O) groups is 1. The summed E-state index contributed by atoms with van der Waals surface area (Å²) in [6.45, 7) is 9.45. The molecule has 22 heavy (non-hydrogen) atoms. The predicted octanol–water partition coefficient (Wildman–Crippen LogP) is 2.82. The second-order valence-corrected chi connectivity index (χ2v) is 6.73. The summed E-state index contributed by atoms with van der Waals surface area (Å²) in [7, 11) is 0. The molecule has 0 spiro atoms. The Morgan fingerprint density at radius 2 is 1.82 bits per heavy atom. The van der Waals surface area contributed by atoms with Crippen LogP contribution in [0, 0.1) is 11.7 Å². The lowest BCUT2D eigenvalue weighted by Crippen LogP contribution is -2.46. The molecule has 0 aromatic heterocycles. The van der Waals surface area contributed by atoms with Crippen molar-refractivity contribution in [2.45, 2.75) is 52.4 Å². The second-order valence-electron chi connectivity index (χ2n) is 6.73. The highest BCUT2D eigenvalue weighted by Crippen LogP contribution is 2.15. The number of ether oxygens (including phenoxy) is 1. The van der Waals surface area contributed by atoms with E-state index in [0.29, 0.717) is 5.56 Å². The van der Waals surface area contributed by atoms with E-state index in [4.69, 9.17) is 4.74 Å². The first kappa shape index (κ1) is 18.6. The molecule has 0 aliphatic carbocycles. The normalized spacial score (nSPS) is 14.7. The summed E-state index contributed by atoms with van der Waals surface area (Å²) in [5, 5.41) is 13.2. The number of aliphatic hydroxyl groups excluding tert-OH is 1. The van der Waals surface area contributed by atoms with Crippen molar-refractivity contribution in [3.8, 4) is 0 Å². The summed E-state index contributed by atoms with van der Waals surface area (Å²) >= 11 is 0. The standard InChI is InChI=1S/C17H26FNO3/c1-11(2)15(16(21)22-17(3,4)5)19-10-14(20)12-6-8-13(18)9-7-12/h6-9,11,14-15,19-20H,10H2,1-5H3/t14?,15-/m1/s1. The zero-order valence-corrected chi connectivity index (χ0v) is 13.9. The van der Waals surface area contributed by atoms with Crippen LogP contribution in [0.25, 0.3) is 0 Å². The third-order valence-electron chi connectivity index (χ3n) is 3.11. The summed E-state index contributed by atoms with van der Waals surface area (Å²) in [6, 6.07) is 5.15. The van der Waals surface area contributed by atoms with Crippen molar-refractivity contribution in [2.24, 2.45) is 5.92 Å². The molecular formula is C17H26FNO3. The molecule has 1 aromatic rings. The van der Waals surface area contributed by atoms with E-state index < -0.39 is 17.7 Å². The zero-order chi connectivity index (χ0) is 16.9. The van der Waals surface area contributed by atoms with E-state index in [0.717, 1.165) is 0 Å². The average molecular weight is 311 g/mol. The van der Waals surface area contributed by atoms with Gasteiger partial charge in [-0.1, -0.05) is 26.0 Å². The Labute approximate surface area is 131 Å². The Bertz CT molecular complexity index is 480. The van der Waals surface area contributed by atoms with Gasteiger partial charge in [-0.15, -0.1) is 0 Å². The molecule has 124 valence electrons. The number of rotatable bonds is 6. The van der Waals surface area contributed by atoms with Gasteiger partial charge >= 0.3 is 5.97 Å². The van der Waals surface area contributed by atoms with Crippen LogP contribution in [0.1, 0.15) is 46.3 Å². The van der Waals surface area contributed by atoms with Gasteiger partial charge in [-0.2, -0.15) is 0 Å². The maximum atomic E-state index is 12.9. The van der Waals surface area contributed by atoms with Crippen LogP contribution in [0.2, 0.25) is 0 Å². The quantitative estimate of drug-likeness (QED) is 0.793. The van der Waals surface area contributed by atoms with Crippen molar-refractivity contribution in [1.82, 2.24) is 5.32 Å². The molecule has 1 rings (SSSR count). The molecule has 0 bridgehead atoms. The fraction of sp³-hybridized carbons (Fsp3) is 0.588. The van der Waals surface area contributed by atoms with E-state index in [1.807, 2.05) is 34.6 Å². The minimum Gasteiger partial charge on any atom is -0.459 e. The highest BCUT2D eigenvalue weighted by Gasteiger charge is 2.28. The van der Waals surface area contributed by atoms with Gasteiger partial charge in [-0.05, 0) is 44.4 Å². The van der Waals surface area contributed by atoms with E-state index in [1.165, 1.54) is 24.3 Å². The first-order valence-corrected chi connectivity index (χ1v) is 7.50. The van der Waals surface area contributed by atoms with Gasteiger partial charge in [-0.3, -0.25) is 4.79 Å². The fourth-order valence-corrected chi connectivity index (χ4v) is 2.00. The molecule has 0 aliphatic rings. The number of benzene rings is 1. The van der Waals surface area contributed by atoms with Crippen LogP contribution in [0.4, 0.5) is 4.39 Å². The molecule has 0 radical (unpaired) electrons. The molecule has 2 N–H and O–H groups in total. The summed E-state index contributed by atoms with van der Waals surface area (Å²) in [4.78, 5) is 12.2. The number of halogens is 1. The van der Waals surface area contributed by atoms with Crippen molar-refractivity contribution in [3.63, 3.8) is 0 Å². The van der Waals surface area contributed by atoms with Gasteiger partial charge in [0, 0.05) is 6.54 Å². The summed E-state index contributed by atoms with van der Waals surface area (Å²) in [5.41, 5.74) is 0.0437. The van der Waals surface area contributed by atoms with Crippen molar-refractivity contribution >= 4 is 5.97 Å². The molecule has 0 heterocycles. The van der Waals surface area contributed by atoms with Gasteiger partial charge < -0.3 is 15.2 Å². The molecule has 0 amide bonds. The largest absolute Gasteiger partial charge is 0.459 e. The van der Waals surface area contributed by atoms with Gasteiger partial charge in [0.05, 0.1) is 6.10 Å². The molecule has 5 heteroatoms. The van der Waals surface area contributed by atoms with Crippen LogP contribution in [0.5, 0.6) is 0 Å². The summed E-state index contributed by atoms with van der Waals surface area (Å²) < 4.78 is 18.3. The van der Waals surface area contributed by atoms with Crippen LogP contribution >= 0.6 is 0 Å². The van der Waals surface area contributed by atoms with Gasteiger partial charge in [-0.25, -0.2) is 4.39 Å². The van der Waals surface area contributed by atoms with Gasteiger partial charge in [0.2, 0.25) is 0 Å². The molecule has 1 aromatic carbocycles. The minimum absolute atomic E-state index is 0.0234. The van der Waals surface area contributed by atoms with Crippen molar-refractivity contribution in [3.05, 3.63) is 35.6 Å². The molecule has 0 fully saturated rings. The highest BCUT2D eigenvalue weighted by atomic mass is 19.1. The summed E-state index contributed by atoms with van der Waals surface area (Å²) in [5.74, 6) is -0.665. The van der Waals surface area contributed by atoms with E-state index in [1.54, 1.807) is 0 Å². The number of aliphatic hydroxyl groups is 1. The Hall–Kier alpha value is -1.46.